The number of rotatable bonds is 30. The first-order valence-corrected chi connectivity index (χ1v) is 19.1. The van der Waals surface area contributed by atoms with Crippen LogP contribution in [0.15, 0.2) is 12.2 Å². The second-order valence-corrected chi connectivity index (χ2v) is 13.6. The highest BCUT2D eigenvalue weighted by molar-refractivity contribution is 5.80. The molecule has 0 aromatic heterocycles. The van der Waals surface area contributed by atoms with E-state index in [0.29, 0.717) is 12.8 Å². The van der Waals surface area contributed by atoms with Crippen LogP contribution in [0.1, 0.15) is 149 Å². The number of aliphatic hydroxyl groups excluding tert-OH is 7. The number of hydrogen-bond acceptors (Lipinski definition) is 10. The zero-order chi connectivity index (χ0) is 35.6. The second-order valence-electron chi connectivity index (χ2n) is 13.6. The topological polar surface area (TPSA) is 189 Å². The summed E-state index contributed by atoms with van der Waals surface area (Å²) in [4.78, 5) is 12.9. The Morgan fingerprint density at radius 1 is 0.708 bits per heavy atom. The molecule has 1 saturated heterocycles. The van der Waals surface area contributed by atoms with Crippen LogP contribution in [0.2, 0.25) is 0 Å². The zero-order valence-electron chi connectivity index (χ0n) is 30.0. The lowest BCUT2D eigenvalue weighted by molar-refractivity contribution is -0.303. The molecule has 11 heteroatoms. The lowest BCUT2D eigenvalue weighted by Crippen LogP contribution is -2.60. The van der Waals surface area contributed by atoms with E-state index in [1.807, 2.05) is 6.08 Å². The molecule has 1 heterocycles. The summed E-state index contributed by atoms with van der Waals surface area (Å²) in [6.07, 6.45) is 14.7. The number of unbranched alkanes of at least 4 members (excludes halogenated alkanes) is 16. The van der Waals surface area contributed by atoms with Crippen LogP contribution in [0.3, 0.4) is 0 Å². The van der Waals surface area contributed by atoms with Gasteiger partial charge in [0.1, 0.15) is 36.6 Å². The molecule has 9 unspecified atom stereocenters. The molecule has 0 spiro atoms. The molecule has 1 aliphatic heterocycles. The molecule has 8 N–H and O–H groups in total. The highest BCUT2D eigenvalue weighted by Crippen LogP contribution is 2.23. The first kappa shape index (κ1) is 44.9. The summed E-state index contributed by atoms with van der Waals surface area (Å²) in [5, 5.41) is 74.7. The molecule has 0 aromatic carbocycles. The fourth-order valence-electron chi connectivity index (χ4n) is 6.03. The number of ether oxygens (including phenoxy) is 2. The minimum absolute atomic E-state index is 0.256. The summed E-state index contributed by atoms with van der Waals surface area (Å²) < 4.78 is 11.0. The first-order valence-electron chi connectivity index (χ1n) is 19.1. The van der Waals surface area contributed by atoms with E-state index in [2.05, 4.69) is 25.2 Å². The van der Waals surface area contributed by atoms with Gasteiger partial charge in [0.2, 0.25) is 5.91 Å². The molecular formula is C37H71NO10. The van der Waals surface area contributed by atoms with Crippen molar-refractivity contribution in [3.63, 3.8) is 0 Å². The molecule has 0 radical (unpaired) electrons. The van der Waals surface area contributed by atoms with Crippen molar-refractivity contribution in [1.29, 1.82) is 0 Å². The Balaban J connectivity index is 2.49. The molecule has 9 atom stereocenters. The third-order valence-corrected chi connectivity index (χ3v) is 9.30. The van der Waals surface area contributed by atoms with Crippen molar-refractivity contribution >= 4 is 5.91 Å². The minimum atomic E-state index is -1.66. The van der Waals surface area contributed by atoms with Crippen LogP contribution in [0.25, 0.3) is 0 Å². The summed E-state index contributed by atoms with van der Waals surface area (Å²) >= 11 is 0. The van der Waals surface area contributed by atoms with Crippen molar-refractivity contribution < 1.29 is 50.0 Å². The molecule has 1 fully saturated rings. The van der Waals surface area contributed by atoms with E-state index in [4.69, 9.17) is 9.47 Å². The van der Waals surface area contributed by atoms with Crippen LogP contribution in [-0.2, 0) is 14.3 Å². The highest BCUT2D eigenvalue weighted by atomic mass is 16.7. The van der Waals surface area contributed by atoms with Gasteiger partial charge < -0.3 is 50.5 Å². The monoisotopic (exact) mass is 690 g/mol. The summed E-state index contributed by atoms with van der Waals surface area (Å²) in [5.74, 6) is -0.712. The summed E-state index contributed by atoms with van der Waals surface area (Å²) in [5.41, 5.74) is 0. The number of carbonyl (C=O) groups excluding carboxylic acids is 1. The van der Waals surface area contributed by atoms with E-state index in [9.17, 15) is 40.5 Å². The molecule has 0 aliphatic carbocycles. The average molecular weight is 690 g/mol. The van der Waals surface area contributed by atoms with E-state index in [0.717, 1.165) is 38.5 Å². The van der Waals surface area contributed by atoms with Gasteiger partial charge in [0.25, 0.3) is 0 Å². The van der Waals surface area contributed by atoms with Crippen LogP contribution in [0.4, 0.5) is 0 Å². The van der Waals surface area contributed by atoms with E-state index in [-0.39, 0.29) is 12.8 Å². The highest BCUT2D eigenvalue weighted by Gasteiger charge is 2.44. The van der Waals surface area contributed by atoms with Gasteiger partial charge in [-0.05, 0) is 32.1 Å². The zero-order valence-corrected chi connectivity index (χ0v) is 30.0. The molecule has 1 aliphatic rings. The van der Waals surface area contributed by atoms with Crippen LogP contribution >= 0.6 is 0 Å². The Bertz CT molecular complexity index is 800. The quantitative estimate of drug-likeness (QED) is 0.0402. The number of amides is 1. The largest absolute Gasteiger partial charge is 0.394 e. The van der Waals surface area contributed by atoms with Crippen molar-refractivity contribution in [1.82, 2.24) is 5.32 Å². The molecule has 0 saturated carbocycles. The maximum atomic E-state index is 12.9. The Morgan fingerprint density at radius 2 is 1.25 bits per heavy atom. The summed E-state index contributed by atoms with van der Waals surface area (Å²) in [7, 11) is 0. The van der Waals surface area contributed by atoms with Gasteiger partial charge in [-0.15, -0.1) is 0 Å². The summed E-state index contributed by atoms with van der Waals surface area (Å²) in [6, 6.07) is -1.17. The molecule has 48 heavy (non-hydrogen) atoms. The minimum Gasteiger partial charge on any atom is -0.394 e. The van der Waals surface area contributed by atoms with Gasteiger partial charge in [-0.1, -0.05) is 129 Å². The molecule has 0 bridgehead atoms. The van der Waals surface area contributed by atoms with Crippen molar-refractivity contribution in [2.75, 3.05) is 13.2 Å². The van der Waals surface area contributed by atoms with Gasteiger partial charge in [-0.3, -0.25) is 4.79 Å². The molecular weight excluding hydrogens is 618 g/mol. The van der Waals surface area contributed by atoms with E-state index in [1.165, 1.54) is 70.6 Å². The SMILES string of the molecule is CCC/C=C/CCCC(O)C(O)C(COC1OC(CO)C(O)C(O)C1O)NC(=O)C(O)CCCCCCCCCCCCCCCCC. The normalized spacial score (nSPS) is 24.1. The van der Waals surface area contributed by atoms with Crippen molar-refractivity contribution in [2.24, 2.45) is 0 Å². The van der Waals surface area contributed by atoms with Crippen LogP contribution in [-0.4, -0.2) is 110 Å². The number of aliphatic hydroxyl groups is 7. The number of hydrogen-bond donors (Lipinski definition) is 8. The average Bonchev–Trinajstić information content (AvgIpc) is 3.08. The van der Waals surface area contributed by atoms with Gasteiger partial charge in [-0.25, -0.2) is 0 Å². The fraction of sp³-hybridized carbons (Fsp3) is 0.919. The maximum absolute atomic E-state index is 12.9. The Morgan fingerprint density at radius 3 is 1.79 bits per heavy atom. The van der Waals surface area contributed by atoms with Gasteiger partial charge in [0.05, 0.1) is 25.4 Å². The third-order valence-electron chi connectivity index (χ3n) is 9.30. The summed E-state index contributed by atoms with van der Waals surface area (Å²) in [6.45, 7) is 3.26. The number of allylic oxidation sites excluding steroid dienone is 2. The van der Waals surface area contributed by atoms with Gasteiger partial charge in [0, 0.05) is 0 Å². The van der Waals surface area contributed by atoms with Crippen LogP contribution in [0.5, 0.6) is 0 Å². The van der Waals surface area contributed by atoms with Gasteiger partial charge in [-0.2, -0.15) is 0 Å². The molecule has 11 nitrogen and oxygen atoms in total. The fourth-order valence-corrected chi connectivity index (χ4v) is 6.03. The van der Waals surface area contributed by atoms with Crippen LogP contribution < -0.4 is 5.32 Å². The Labute approximate surface area is 290 Å². The van der Waals surface area contributed by atoms with Crippen molar-refractivity contribution in [3.8, 4) is 0 Å². The van der Waals surface area contributed by atoms with Crippen molar-refractivity contribution in [3.05, 3.63) is 12.2 Å². The predicted octanol–water partition coefficient (Wildman–Crippen LogP) is 4.16. The smallest absolute Gasteiger partial charge is 0.249 e. The lowest BCUT2D eigenvalue weighted by Gasteiger charge is -2.40. The first-order chi connectivity index (χ1) is 23.2. The molecule has 0 aromatic rings. The van der Waals surface area contributed by atoms with Gasteiger partial charge in [0.15, 0.2) is 6.29 Å². The predicted molar refractivity (Wildman–Crippen MR) is 187 cm³/mol. The van der Waals surface area contributed by atoms with E-state index < -0.39 is 74.2 Å². The maximum Gasteiger partial charge on any atom is 0.249 e. The van der Waals surface area contributed by atoms with Crippen molar-refractivity contribution in [2.45, 2.75) is 204 Å². The van der Waals surface area contributed by atoms with Crippen LogP contribution in [0, 0.1) is 0 Å². The van der Waals surface area contributed by atoms with Gasteiger partial charge >= 0.3 is 0 Å². The Kier molecular flexibility index (Phi) is 26.7. The lowest BCUT2D eigenvalue weighted by atomic mass is 9.98. The van der Waals surface area contributed by atoms with E-state index >= 15 is 0 Å². The second kappa shape index (κ2) is 28.5. The standard InChI is InChI=1S/C37H71NO10/c1-3-5-7-9-11-12-13-14-15-16-17-18-19-21-23-25-30(41)36(46)38-28(32(42)29(40)24-22-20-10-8-6-4-2)27-47-37-35(45)34(44)33(43)31(26-39)48-37/h8,10,28-35,37,39-45H,3-7,9,11-27H2,1-2H3,(H,38,46)/b10-8+. The number of carbonyl (C=O) groups is 1. The number of nitrogens with one attached hydrogen (secondary N) is 1. The molecule has 1 rings (SSSR count). The Hall–Kier alpha value is -1.15. The molecule has 1 amide bonds. The molecule has 284 valence electrons. The third kappa shape index (κ3) is 19.3. The van der Waals surface area contributed by atoms with E-state index in [1.54, 1.807) is 0 Å².